The van der Waals surface area contributed by atoms with Crippen molar-refractivity contribution in [1.82, 2.24) is 15.0 Å². The molecule has 2 aromatic rings. The van der Waals surface area contributed by atoms with Crippen LogP contribution in [0.1, 0.15) is 5.56 Å². The largest absolute Gasteiger partial charge is 0.481 e. The Balaban J connectivity index is 2.09. The number of rotatable bonds is 6. The first kappa shape index (κ1) is 14.4. The topological polar surface area (TPSA) is 98.0 Å². The van der Waals surface area contributed by atoms with Gasteiger partial charge in [0.05, 0.1) is 7.11 Å². The van der Waals surface area contributed by atoms with Crippen LogP contribution in [-0.2, 0) is 6.54 Å². The smallest absolute Gasteiger partial charge is 0.213 e. The number of hydrazine groups is 1. The third-order valence-corrected chi connectivity index (χ3v) is 3.07. The van der Waals surface area contributed by atoms with Gasteiger partial charge in [0.15, 0.2) is 5.16 Å². The Hall–Kier alpha value is -2.06. The number of hydrogen-bond acceptors (Lipinski definition) is 8. The van der Waals surface area contributed by atoms with Crippen LogP contribution in [0, 0.1) is 0 Å². The van der Waals surface area contributed by atoms with Crippen molar-refractivity contribution in [2.75, 3.05) is 24.1 Å². The zero-order valence-electron chi connectivity index (χ0n) is 11.3. The first-order valence-electron chi connectivity index (χ1n) is 5.87. The molecule has 106 valence electrons. The first-order valence-corrected chi connectivity index (χ1v) is 7.10. The van der Waals surface area contributed by atoms with Gasteiger partial charge in [-0.05, 0) is 17.9 Å². The fraction of sp³-hybridized carbons (Fsp3) is 0.250. The molecule has 2 heterocycles. The summed E-state index contributed by atoms with van der Waals surface area (Å²) >= 11 is 1.45. The lowest BCUT2D eigenvalue weighted by molar-refractivity contribution is 0.397. The highest BCUT2D eigenvalue weighted by atomic mass is 32.2. The van der Waals surface area contributed by atoms with Crippen molar-refractivity contribution in [3.8, 4) is 5.88 Å². The monoisotopic (exact) mass is 292 g/mol. The summed E-state index contributed by atoms with van der Waals surface area (Å²) in [6.45, 7) is 0.605. The van der Waals surface area contributed by atoms with Crippen molar-refractivity contribution in [2.45, 2.75) is 11.7 Å². The molecule has 2 aromatic heterocycles. The summed E-state index contributed by atoms with van der Waals surface area (Å²) < 4.78 is 5.09. The predicted octanol–water partition coefficient (Wildman–Crippen LogP) is 1.50. The number of thioether (sulfide) groups is 1. The molecule has 0 amide bonds. The number of nitrogens with one attached hydrogen (secondary N) is 2. The molecule has 0 aliphatic carbocycles. The molecule has 8 heteroatoms. The van der Waals surface area contributed by atoms with Crippen molar-refractivity contribution in [1.29, 1.82) is 0 Å². The van der Waals surface area contributed by atoms with Gasteiger partial charge in [0, 0.05) is 24.9 Å². The van der Waals surface area contributed by atoms with E-state index in [4.69, 9.17) is 10.6 Å². The minimum atomic E-state index is 0.569. The lowest BCUT2D eigenvalue weighted by Crippen LogP contribution is -2.11. The zero-order valence-corrected chi connectivity index (χ0v) is 12.1. The Morgan fingerprint density at radius 2 is 2.10 bits per heavy atom. The molecular weight excluding hydrogens is 276 g/mol. The molecule has 0 atom stereocenters. The van der Waals surface area contributed by atoms with Crippen LogP contribution in [0.3, 0.4) is 0 Å². The number of hydrogen-bond donors (Lipinski definition) is 3. The molecule has 0 aliphatic rings. The Morgan fingerprint density at radius 3 is 2.80 bits per heavy atom. The van der Waals surface area contributed by atoms with Crippen LogP contribution in [-0.4, -0.2) is 28.3 Å². The van der Waals surface area contributed by atoms with Gasteiger partial charge in [0.2, 0.25) is 5.88 Å². The summed E-state index contributed by atoms with van der Waals surface area (Å²) in [5, 5.41) is 3.87. The number of nitrogens with zero attached hydrogens (tertiary/aromatic N) is 3. The number of nitrogen functional groups attached to an aromatic ring is 1. The SMILES string of the molecule is COc1cc(CNc2cc(NN)nc(SC)n2)ccn1. The first-order chi connectivity index (χ1) is 9.75. The molecule has 7 nitrogen and oxygen atoms in total. The van der Waals surface area contributed by atoms with Gasteiger partial charge in [-0.1, -0.05) is 11.8 Å². The molecule has 0 unspecified atom stereocenters. The van der Waals surface area contributed by atoms with Crippen molar-refractivity contribution in [3.63, 3.8) is 0 Å². The highest BCUT2D eigenvalue weighted by Crippen LogP contribution is 2.17. The third kappa shape index (κ3) is 3.72. The van der Waals surface area contributed by atoms with Crippen molar-refractivity contribution in [2.24, 2.45) is 5.84 Å². The lowest BCUT2D eigenvalue weighted by Gasteiger charge is -2.09. The van der Waals surface area contributed by atoms with E-state index >= 15 is 0 Å². The molecule has 4 N–H and O–H groups in total. The highest BCUT2D eigenvalue weighted by molar-refractivity contribution is 7.98. The van der Waals surface area contributed by atoms with E-state index in [0.29, 0.717) is 29.2 Å². The summed E-state index contributed by atoms with van der Waals surface area (Å²) in [5.41, 5.74) is 3.57. The van der Waals surface area contributed by atoms with Crippen LogP contribution in [0.5, 0.6) is 5.88 Å². The zero-order chi connectivity index (χ0) is 14.4. The van der Waals surface area contributed by atoms with Crippen LogP contribution in [0.4, 0.5) is 11.6 Å². The molecule has 2 rings (SSSR count). The van der Waals surface area contributed by atoms with E-state index in [1.54, 1.807) is 19.4 Å². The van der Waals surface area contributed by atoms with Gasteiger partial charge in [-0.3, -0.25) is 0 Å². The van der Waals surface area contributed by atoms with Crippen LogP contribution in [0.15, 0.2) is 29.6 Å². The summed E-state index contributed by atoms with van der Waals surface area (Å²) in [7, 11) is 1.59. The maximum Gasteiger partial charge on any atom is 0.213 e. The molecule has 0 saturated carbocycles. The van der Waals surface area contributed by atoms with Crippen molar-refractivity contribution >= 4 is 23.4 Å². The van der Waals surface area contributed by atoms with E-state index in [9.17, 15) is 0 Å². The average molecular weight is 292 g/mol. The van der Waals surface area contributed by atoms with Gasteiger partial charge in [-0.15, -0.1) is 0 Å². The standard InChI is InChI=1S/C12H16N6OS/c1-19-11-5-8(3-4-14-11)7-15-9-6-10(18-13)17-12(16-9)20-2/h3-6H,7,13H2,1-2H3,(H2,15,16,17,18). The quantitative estimate of drug-likeness (QED) is 0.319. The van der Waals surface area contributed by atoms with Gasteiger partial charge in [-0.2, -0.15) is 0 Å². The Morgan fingerprint density at radius 1 is 1.30 bits per heavy atom. The van der Waals surface area contributed by atoms with E-state index < -0.39 is 0 Å². The van der Waals surface area contributed by atoms with E-state index in [-0.39, 0.29) is 0 Å². The number of pyridine rings is 1. The predicted molar refractivity (Wildman–Crippen MR) is 79.7 cm³/mol. The molecule has 0 fully saturated rings. The summed E-state index contributed by atoms with van der Waals surface area (Å²) in [6, 6.07) is 5.53. The normalized spacial score (nSPS) is 10.2. The maximum atomic E-state index is 5.39. The Labute approximate surface area is 121 Å². The molecule has 0 radical (unpaired) electrons. The molecule has 0 aromatic carbocycles. The summed E-state index contributed by atoms with van der Waals surface area (Å²) in [4.78, 5) is 12.6. The number of ether oxygens (including phenoxy) is 1. The summed E-state index contributed by atoms with van der Waals surface area (Å²) in [5.74, 6) is 7.24. The lowest BCUT2D eigenvalue weighted by atomic mass is 10.2. The van der Waals surface area contributed by atoms with Gasteiger partial charge in [0.25, 0.3) is 0 Å². The fourth-order valence-electron chi connectivity index (χ4n) is 1.55. The number of nitrogens with two attached hydrogens (primary N) is 1. The minimum Gasteiger partial charge on any atom is -0.481 e. The fourth-order valence-corrected chi connectivity index (χ4v) is 1.92. The highest BCUT2D eigenvalue weighted by Gasteiger charge is 2.04. The third-order valence-electron chi connectivity index (χ3n) is 2.52. The Bertz CT molecular complexity index is 557. The molecule has 20 heavy (non-hydrogen) atoms. The van der Waals surface area contributed by atoms with Crippen LogP contribution in [0.25, 0.3) is 0 Å². The van der Waals surface area contributed by atoms with Gasteiger partial charge in [-0.25, -0.2) is 20.8 Å². The van der Waals surface area contributed by atoms with Crippen LogP contribution >= 0.6 is 11.8 Å². The molecular formula is C12H16N6OS. The molecule has 0 aliphatic heterocycles. The number of anilines is 2. The van der Waals surface area contributed by atoms with Crippen LogP contribution < -0.4 is 21.3 Å². The second kappa shape index (κ2) is 6.92. The molecule has 0 spiro atoms. The van der Waals surface area contributed by atoms with Gasteiger partial charge in [0.1, 0.15) is 11.6 Å². The van der Waals surface area contributed by atoms with Gasteiger partial charge >= 0.3 is 0 Å². The number of methoxy groups -OCH3 is 1. The molecule has 0 saturated heterocycles. The van der Waals surface area contributed by atoms with E-state index in [0.717, 1.165) is 5.56 Å². The minimum absolute atomic E-state index is 0.569. The average Bonchev–Trinajstić information content (AvgIpc) is 2.52. The maximum absolute atomic E-state index is 5.39. The van der Waals surface area contributed by atoms with Gasteiger partial charge < -0.3 is 15.5 Å². The summed E-state index contributed by atoms with van der Waals surface area (Å²) in [6.07, 6.45) is 3.61. The second-order valence-electron chi connectivity index (χ2n) is 3.83. The van der Waals surface area contributed by atoms with Crippen molar-refractivity contribution < 1.29 is 4.74 Å². The Kier molecular flexibility index (Phi) is 4.97. The molecule has 0 bridgehead atoms. The van der Waals surface area contributed by atoms with E-state index in [2.05, 4.69) is 25.7 Å². The van der Waals surface area contributed by atoms with Crippen LogP contribution in [0.2, 0.25) is 0 Å². The number of aromatic nitrogens is 3. The van der Waals surface area contributed by atoms with E-state index in [1.165, 1.54) is 11.8 Å². The second-order valence-corrected chi connectivity index (χ2v) is 4.60. The van der Waals surface area contributed by atoms with E-state index in [1.807, 2.05) is 18.4 Å². The van der Waals surface area contributed by atoms with Crippen molar-refractivity contribution in [3.05, 3.63) is 30.0 Å².